The van der Waals surface area contributed by atoms with E-state index < -0.39 is 0 Å². The molecular formula is C21H21N3O2. The Morgan fingerprint density at radius 2 is 2.00 bits per heavy atom. The van der Waals surface area contributed by atoms with Gasteiger partial charge in [-0.1, -0.05) is 48.5 Å². The minimum atomic E-state index is -0.265. The number of carbonyl (C=O) groups is 1. The number of hydrogen-bond acceptors (Lipinski definition) is 3. The molecule has 3 aromatic rings. The number of hydrogen-bond donors (Lipinski definition) is 0. The molecule has 0 radical (unpaired) electrons. The third-order valence-electron chi connectivity index (χ3n) is 4.83. The lowest BCUT2D eigenvalue weighted by molar-refractivity contribution is 0.0919. The molecule has 26 heavy (non-hydrogen) atoms. The maximum absolute atomic E-state index is 12.5. The van der Waals surface area contributed by atoms with Gasteiger partial charge in [0, 0.05) is 25.7 Å². The molecular weight excluding hydrogens is 326 g/mol. The summed E-state index contributed by atoms with van der Waals surface area (Å²) < 4.78 is 7.51. The number of nitrogens with zero attached hydrogens (tertiary/aromatic N) is 3. The van der Waals surface area contributed by atoms with E-state index >= 15 is 0 Å². The number of aryl methyl sites for hydroxylation is 1. The molecule has 1 aliphatic rings. The van der Waals surface area contributed by atoms with Crippen LogP contribution in [0.25, 0.3) is 11.3 Å². The molecule has 0 unspecified atom stereocenters. The second-order valence-corrected chi connectivity index (χ2v) is 6.54. The molecule has 2 heterocycles. The minimum Gasteiger partial charge on any atom is -0.445 e. The lowest BCUT2D eigenvalue weighted by Gasteiger charge is -2.29. The van der Waals surface area contributed by atoms with Gasteiger partial charge >= 0.3 is 6.09 Å². The molecule has 0 saturated heterocycles. The maximum Gasteiger partial charge on any atom is 0.410 e. The van der Waals surface area contributed by atoms with Crippen LogP contribution in [0.2, 0.25) is 0 Å². The predicted octanol–water partition coefficient (Wildman–Crippen LogP) is 3.78. The van der Waals surface area contributed by atoms with E-state index in [0.29, 0.717) is 19.7 Å². The summed E-state index contributed by atoms with van der Waals surface area (Å²) in [5.74, 6) is 0. The molecule has 0 atom stereocenters. The van der Waals surface area contributed by atoms with Gasteiger partial charge in [-0.05, 0) is 23.1 Å². The summed E-state index contributed by atoms with van der Waals surface area (Å²) >= 11 is 0. The van der Waals surface area contributed by atoms with Crippen LogP contribution in [-0.2, 0) is 31.4 Å². The Kier molecular flexibility index (Phi) is 4.44. The van der Waals surface area contributed by atoms with Crippen molar-refractivity contribution in [1.82, 2.24) is 14.5 Å². The Labute approximate surface area is 152 Å². The summed E-state index contributed by atoms with van der Waals surface area (Å²) in [6, 6.07) is 16.1. The summed E-state index contributed by atoms with van der Waals surface area (Å²) in [6.45, 7) is 1.53. The van der Waals surface area contributed by atoms with Gasteiger partial charge in [-0.2, -0.15) is 0 Å². The standard InChI is InChI=1S/C21H21N3O2/c1-23-15-22-12-20(23)18-9-5-8-17-10-11-24(13-19(17)18)21(25)26-14-16-6-3-2-4-7-16/h2-9,12,15H,10-11,13-14H2,1H3. The van der Waals surface area contributed by atoms with E-state index in [1.54, 1.807) is 11.2 Å². The van der Waals surface area contributed by atoms with Crippen LogP contribution in [0.5, 0.6) is 0 Å². The second-order valence-electron chi connectivity index (χ2n) is 6.54. The number of benzene rings is 2. The maximum atomic E-state index is 12.5. The van der Waals surface area contributed by atoms with Gasteiger partial charge in [0.2, 0.25) is 0 Å². The Hall–Kier alpha value is -3.08. The third kappa shape index (κ3) is 3.20. The zero-order valence-corrected chi connectivity index (χ0v) is 14.8. The average molecular weight is 347 g/mol. The van der Waals surface area contributed by atoms with Crippen molar-refractivity contribution in [1.29, 1.82) is 0 Å². The first-order chi connectivity index (χ1) is 12.7. The number of carbonyl (C=O) groups excluding carboxylic acids is 1. The smallest absolute Gasteiger partial charge is 0.410 e. The van der Waals surface area contributed by atoms with Gasteiger partial charge < -0.3 is 14.2 Å². The predicted molar refractivity (Wildman–Crippen MR) is 99.4 cm³/mol. The van der Waals surface area contributed by atoms with Crippen LogP contribution < -0.4 is 0 Å². The fourth-order valence-corrected chi connectivity index (χ4v) is 3.40. The van der Waals surface area contributed by atoms with Gasteiger partial charge in [-0.25, -0.2) is 9.78 Å². The van der Waals surface area contributed by atoms with E-state index in [9.17, 15) is 4.79 Å². The number of imidazole rings is 1. The highest BCUT2D eigenvalue weighted by Crippen LogP contribution is 2.30. The molecule has 0 aliphatic carbocycles. The third-order valence-corrected chi connectivity index (χ3v) is 4.83. The van der Waals surface area contributed by atoms with E-state index in [2.05, 4.69) is 23.2 Å². The van der Waals surface area contributed by atoms with Crippen molar-refractivity contribution in [2.24, 2.45) is 7.05 Å². The largest absolute Gasteiger partial charge is 0.445 e. The number of fused-ring (bicyclic) bond motifs is 1. The van der Waals surface area contributed by atoms with Crippen molar-refractivity contribution in [2.45, 2.75) is 19.6 Å². The number of aromatic nitrogens is 2. The Morgan fingerprint density at radius 3 is 2.77 bits per heavy atom. The van der Waals surface area contributed by atoms with Gasteiger partial charge in [0.1, 0.15) is 6.61 Å². The summed E-state index contributed by atoms with van der Waals surface area (Å²) in [4.78, 5) is 18.5. The van der Waals surface area contributed by atoms with Crippen molar-refractivity contribution in [2.75, 3.05) is 6.54 Å². The van der Waals surface area contributed by atoms with Gasteiger partial charge in [0.25, 0.3) is 0 Å². The molecule has 0 N–H and O–H groups in total. The average Bonchev–Trinajstić information content (AvgIpc) is 3.11. The fourth-order valence-electron chi connectivity index (χ4n) is 3.40. The van der Waals surface area contributed by atoms with E-state index in [1.807, 2.05) is 48.1 Å². The van der Waals surface area contributed by atoms with E-state index in [4.69, 9.17) is 4.74 Å². The second kappa shape index (κ2) is 7.04. The molecule has 1 aromatic heterocycles. The molecule has 0 saturated carbocycles. The fraction of sp³-hybridized carbons (Fsp3) is 0.238. The molecule has 5 nitrogen and oxygen atoms in total. The molecule has 132 valence electrons. The van der Waals surface area contributed by atoms with Crippen LogP contribution in [0.3, 0.4) is 0 Å². The SMILES string of the molecule is Cn1cncc1-c1cccc2c1CN(C(=O)OCc1ccccc1)CC2. The molecule has 2 aromatic carbocycles. The summed E-state index contributed by atoms with van der Waals surface area (Å²) in [6.07, 6.45) is 4.23. The number of ether oxygens (including phenoxy) is 1. The van der Waals surface area contributed by atoms with E-state index in [0.717, 1.165) is 23.2 Å². The van der Waals surface area contributed by atoms with Crippen LogP contribution in [0.4, 0.5) is 4.79 Å². The van der Waals surface area contributed by atoms with Gasteiger partial charge in [0.05, 0.1) is 18.2 Å². The Balaban J connectivity index is 1.52. The molecule has 5 heteroatoms. The van der Waals surface area contributed by atoms with Crippen molar-refractivity contribution < 1.29 is 9.53 Å². The topological polar surface area (TPSA) is 47.4 Å². The van der Waals surface area contributed by atoms with Crippen molar-refractivity contribution in [3.63, 3.8) is 0 Å². The highest BCUT2D eigenvalue weighted by Gasteiger charge is 2.24. The van der Waals surface area contributed by atoms with Crippen LogP contribution in [0.15, 0.2) is 61.1 Å². The highest BCUT2D eigenvalue weighted by molar-refractivity contribution is 5.71. The number of rotatable bonds is 3. The lowest BCUT2D eigenvalue weighted by Crippen LogP contribution is -2.36. The Bertz CT molecular complexity index is 918. The van der Waals surface area contributed by atoms with E-state index in [1.165, 1.54) is 11.1 Å². The molecule has 0 bridgehead atoms. The van der Waals surface area contributed by atoms with Gasteiger partial charge in [-0.3, -0.25) is 0 Å². The molecule has 1 amide bonds. The van der Waals surface area contributed by atoms with Crippen molar-refractivity contribution >= 4 is 6.09 Å². The molecule has 4 rings (SSSR count). The van der Waals surface area contributed by atoms with Crippen molar-refractivity contribution in [3.05, 3.63) is 77.7 Å². The first-order valence-corrected chi connectivity index (χ1v) is 8.75. The zero-order valence-electron chi connectivity index (χ0n) is 14.8. The highest BCUT2D eigenvalue weighted by atomic mass is 16.6. The van der Waals surface area contributed by atoms with Crippen LogP contribution in [0.1, 0.15) is 16.7 Å². The lowest BCUT2D eigenvalue weighted by atomic mass is 9.93. The summed E-state index contributed by atoms with van der Waals surface area (Å²) in [7, 11) is 1.98. The van der Waals surface area contributed by atoms with E-state index in [-0.39, 0.29) is 6.09 Å². The first-order valence-electron chi connectivity index (χ1n) is 8.75. The normalized spacial score (nSPS) is 13.3. The summed E-state index contributed by atoms with van der Waals surface area (Å²) in [5, 5.41) is 0. The quantitative estimate of drug-likeness (QED) is 0.724. The van der Waals surface area contributed by atoms with Crippen LogP contribution >= 0.6 is 0 Å². The molecule has 0 fully saturated rings. The van der Waals surface area contributed by atoms with Crippen molar-refractivity contribution in [3.8, 4) is 11.3 Å². The van der Waals surface area contributed by atoms with Gasteiger partial charge in [-0.15, -0.1) is 0 Å². The van der Waals surface area contributed by atoms with Crippen LogP contribution in [0, 0.1) is 0 Å². The van der Waals surface area contributed by atoms with Crippen LogP contribution in [-0.4, -0.2) is 27.1 Å². The minimum absolute atomic E-state index is 0.265. The van der Waals surface area contributed by atoms with Gasteiger partial charge in [0.15, 0.2) is 0 Å². The Morgan fingerprint density at radius 1 is 1.15 bits per heavy atom. The molecule has 1 aliphatic heterocycles. The zero-order chi connectivity index (χ0) is 17.9. The number of amides is 1. The summed E-state index contributed by atoms with van der Waals surface area (Å²) in [5.41, 5.74) is 5.65. The molecule has 0 spiro atoms. The first kappa shape index (κ1) is 16.4. The monoisotopic (exact) mass is 347 g/mol.